The maximum Gasteiger partial charge on any atom is 0.271 e. The molecule has 106 valence electrons. The molecule has 0 fully saturated rings. The highest BCUT2D eigenvalue weighted by atomic mass is 79.9. The van der Waals surface area contributed by atoms with E-state index >= 15 is 0 Å². The number of nitro groups is 1. The van der Waals surface area contributed by atoms with E-state index in [-0.39, 0.29) is 5.69 Å². The molecule has 2 rings (SSSR count). The molecule has 0 bridgehead atoms. The molecule has 0 aliphatic carbocycles. The van der Waals surface area contributed by atoms with Gasteiger partial charge in [0.2, 0.25) is 0 Å². The fourth-order valence-electron chi connectivity index (χ4n) is 1.52. The minimum atomic E-state index is -0.488. The van der Waals surface area contributed by atoms with E-state index in [1.807, 2.05) is 6.07 Å². The third kappa shape index (κ3) is 3.61. The second kappa shape index (κ2) is 6.56. The smallest absolute Gasteiger partial charge is 0.271 e. The summed E-state index contributed by atoms with van der Waals surface area (Å²) in [5.41, 5.74) is 0.436. The van der Waals surface area contributed by atoms with Crippen LogP contribution in [0, 0.1) is 21.4 Å². The van der Waals surface area contributed by atoms with Crippen LogP contribution in [0.3, 0.4) is 0 Å². The van der Waals surface area contributed by atoms with Crippen LogP contribution in [0.2, 0.25) is 0 Å². The zero-order chi connectivity index (χ0) is 15.6. The van der Waals surface area contributed by atoms with E-state index in [0.717, 1.165) is 0 Å². The van der Waals surface area contributed by atoms with Gasteiger partial charge in [0.15, 0.2) is 5.75 Å². The number of ether oxygens (including phenoxy) is 1. The number of nitriles is 1. The number of nitrogens with zero attached hydrogens (tertiary/aromatic N) is 2. The molecule has 0 amide bonds. The first-order valence-electron chi connectivity index (χ1n) is 5.43. The molecule has 8 heteroatoms. The number of nitro benzene ring substituents is 1. The van der Waals surface area contributed by atoms with Crippen LogP contribution < -0.4 is 4.74 Å². The quantitative estimate of drug-likeness (QED) is 0.430. The van der Waals surface area contributed by atoms with Crippen LogP contribution in [-0.2, 0) is 0 Å². The second-order valence-electron chi connectivity index (χ2n) is 3.85. The highest BCUT2D eigenvalue weighted by Gasteiger charge is 2.16. The first kappa shape index (κ1) is 15.9. The Hall–Kier alpha value is -1.43. The molecule has 0 aliphatic heterocycles. The third-order valence-corrected chi connectivity index (χ3v) is 4.31. The molecule has 0 spiro atoms. The predicted octanol–water partition coefficient (Wildman–Crippen LogP) is 5.55. The molecular weight excluding hydrogens is 472 g/mol. The minimum Gasteiger partial charge on any atom is -0.455 e. The van der Waals surface area contributed by atoms with Gasteiger partial charge >= 0.3 is 0 Å². The Morgan fingerprint density at radius 2 is 1.71 bits per heavy atom. The van der Waals surface area contributed by atoms with Gasteiger partial charge in [-0.15, -0.1) is 0 Å². The van der Waals surface area contributed by atoms with Crippen LogP contribution in [0.4, 0.5) is 5.69 Å². The lowest BCUT2D eigenvalue weighted by Crippen LogP contribution is -1.92. The van der Waals surface area contributed by atoms with Crippen molar-refractivity contribution in [1.29, 1.82) is 5.26 Å². The zero-order valence-corrected chi connectivity index (χ0v) is 14.9. The summed E-state index contributed by atoms with van der Waals surface area (Å²) in [4.78, 5) is 10.3. The Morgan fingerprint density at radius 3 is 2.19 bits per heavy atom. The normalized spacial score (nSPS) is 10.0. The summed E-state index contributed by atoms with van der Waals surface area (Å²) in [6.07, 6.45) is 0. The summed E-state index contributed by atoms with van der Waals surface area (Å²) >= 11 is 9.77. The fourth-order valence-corrected chi connectivity index (χ4v) is 3.29. The fraction of sp³-hybridized carbons (Fsp3) is 0. The van der Waals surface area contributed by atoms with Crippen LogP contribution in [0.25, 0.3) is 0 Å². The molecule has 0 heterocycles. The molecule has 0 radical (unpaired) electrons. The molecule has 0 aromatic heterocycles. The molecule has 2 aromatic rings. The Kier molecular flexibility index (Phi) is 4.98. The largest absolute Gasteiger partial charge is 0.455 e. The minimum absolute atomic E-state index is 0.0536. The van der Waals surface area contributed by atoms with Crippen LogP contribution in [0.1, 0.15) is 5.56 Å². The number of rotatable bonds is 3. The molecule has 2 aromatic carbocycles. The first-order valence-corrected chi connectivity index (χ1v) is 7.81. The van der Waals surface area contributed by atoms with Crippen molar-refractivity contribution in [2.75, 3.05) is 0 Å². The maximum absolute atomic E-state index is 10.8. The van der Waals surface area contributed by atoms with E-state index in [4.69, 9.17) is 10.00 Å². The van der Waals surface area contributed by atoms with E-state index in [1.165, 1.54) is 12.1 Å². The van der Waals surface area contributed by atoms with Crippen LogP contribution >= 0.6 is 47.8 Å². The van der Waals surface area contributed by atoms with E-state index < -0.39 is 4.92 Å². The highest BCUT2D eigenvalue weighted by Crippen LogP contribution is 2.40. The van der Waals surface area contributed by atoms with E-state index in [2.05, 4.69) is 47.8 Å². The van der Waals surface area contributed by atoms with Crippen molar-refractivity contribution in [2.45, 2.75) is 0 Å². The Labute approximate surface area is 145 Å². The van der Waals surface area contributed by atoms with E-state index in [0.29, 0.717) is 30.5 Å². The van der Waals surface area contributed by atoms with Gasteiger partial charge in [0, 0.05) is 16.6 Å². The third-order valence-electron chi connectivity index (χ3n) is 2.47. The average Bonchev–Trinajstić information content (AvgIpc) is 2.42. The van der Waals surface area contributed by atoms with Gasteiger partial charge in [-0.25, -0.2) is 0 Å². The maximum atomic E-state index is 10.8. The molecule has 0 aliphatic rings. The lowest BCUT2D eigenvalue weighted by molar-refractivity contribution is -0.385. The van der Waals surface area contributed by atoms with Gasteiger partial charge in [0.05, 0.1) is 19.4 Å². The molecular formula is C13H5Br3N2O3. The molecule has 0 unspecified atom stereocenters. The van der Waals surface area contributed by atoms with Crippen LogP contribution in [0.15, 0.2) is 43.7 Å². The monoisotopic (exact) mass is 474 g/mol. The lowest BCUT2D eigenvalue weighted by atomic mass is 10.2. The molecule has 0 atom stereocenters. The van der Waals surface area contributed by atoms with Crippen molar-refractivity contribution in [3.8, 4) is 17.6 Å². The Morgan fingerprint density at radius 1 is 1.10 bits per heavy atom. The Bertz CT molecular complexity index is 749. The van der Waals surface area contributed by atoms with Crippen LogP contribution in [-0.4, -0.2) is 4.92 Å². The lowest BCUT2D eigenvalue weighted by Gasteiger charge is -2.10. The van der Waals surface area contributed by atoms with E-state index in [1.54, 1.807) is 18.2 Å². The zero-order valence-electron chi connectivity index (χ0n) is 10.1. The molecule has 5 nitrogen and oxygen atoms in total. The average molecular weight is 477 g/mol. The van der Waals surface area contributed by atoms with Gasteiger partial charge < -0.3 is 4.74 Å². The molecule has 21 heavy (non-hydrogen) atoms. The van der Waals surface area contributed by atoms with Gasteiger partial charge in [-0.2, -0.15) is 5.26 Å². The first-order chi connectivity index (χ1) is 9.92. The van der Waals surface area contributed by atoms with Crippen molar-refractivity contribution in [1.82, 2.24) is 0 Å². The van der Waals surface area contributed by atoms with Gasteiger partial charge in [-0.1, -0.05) is 0 Å². The van der Waals surface area contributed by atoms with Crippen molar-refractivity contribution in [2.24, 2.45) is 0 Å². The van der Waals surface area contributed by atoms with Gasteiger partial charge in [-0.3, -0.25) is 10.1 Å². The number of halogens is 3. The van der Waals surface area contributed by atoms with Crippen molar-refractivity contribution in [3.63, 3.8) is 0 Å². The SMILES string of the molecule is N#Cc1ccc(Oc2c(Br)cc([N+](=O)[O-])cc2Br)cc1Br. The van der Waals surface area contributed by atoms with E-state index in [9.17, 15) is 10.1 Å². The summed E-state index contributed by atoms with van der Waals surface area (Å²) in [5, 5.41) is 19.6. The van der Waals surface area contributed by atoms with Crippen molar-refractivity contribution >= 4 is 53.5 Å². The predicted molar refractivity (Wildman–Crippen MR) is 87.4 cm³/mol. The van der Waals surface area contributed by atoms with Gasteiger partial charge in [-0.05, 0) is 66.0 Å². The van der Waals surface area contributed by atoms with Gasteiger partial charge in [0.25, 0.3) is 5.69 Å². The van der Waals surface area contributed by atoms with Crippen molar-refractivity contribution in [3.05, 3.63) is 59.4 Å². The summed E-state index contributed by atoms with van der Waals surface area (Å²) < 4.78 is 7.20. The molecule has 0 N–H and O–H groups in total. The summed E-state index contributed by atoms with van der Waals surface area (Å²) in [6, 6.07) is 9.66. The summed E-state index contributed by atoms with van der Waals surface area (Å²) in [6.45, 7) is 0. The Balaban J connectivity index is 2.38. The number of non-ortho nitro benzene ring substituents is 1. The van der Waals surface area contributed by atoms with Crippen LogP contribution in [0.5, 0.6) is 11.5 Å². The summed E-state index contributed by atoms with van der Waals surface area (Å²) in [5.74, 6) is 0.910. The van der Waals surface area contributed by atoms with Crippen molar-refractivity contribution < 1.29 is 9.66 Å². The highest BCUT2D eigenvalue weighted by molar-refractivity contribution is 9.11. The number of benzene rings is 2. The topological polar surface area (TPSA) is 76.2 Å². The molecule has 0 saturated carbocycles. The second-order valence-corrected chi connectivity index (χ2v) is 6.41. The van der Waals surface area contributed by atoms with Gasteiger partial charge in [0.1, 0.15) is 11.8 Å². The number of hydrogen-bond acceptors (Lipinski definition) is 4. The molecule has 0 saturated heterocycles. The number of hydrogen-bond donors (Lipinski definition) is 0. The summed E-state index contributed by atoms with van der Waals surface area (Å²) in [7, 11) is 0. The standard InChI is InChI=1S/C13H5Br3N2O3/c14-10-5-9(2-1-7(10)6-17)21-13-11(15)3-8(18(19)20)4-12(13)16/h1-5H.